The second kappa shape index (κ2) is 8.47. The molecule has 8 heteroatoms. The van der Waals surface area contributed by atoms with E-state index < -0.39 is 28.0 Å². The van der Waals surface area contributed by atoms with E-state index in [0.29, 0.717) is 16.8 Å². The van der Waals surface area contributed by atoms with Gasteiger partial charge in [-0.2, -0.15) is 18.4 Å². The molecule has 0 amide bonds. The molecule has 2 N–H and O–H groups in total. The highest BCUT2D eigenvalue weighted by molar-refractivity contribution is 7.89. The summed E-state index contributed by atoms with van der Waals surface area (Å²) in [6, 6.07) is 19.7. The van der Waals surface area contributed by atoms with Crippen LogP contribution in [0.25, 0.3) is 0 Å². The molecule has 3 aromatic rings. The lowest BCUT2D eigenvalue weighted by atomic mass is 9.89. The molecule has 164 valence electrons. The molecule has 0 saturated heterocycles. The van der Waals surface area contributed by atoms with Crippen molar-refractivity contribution in [1.29, 1.82) is 0 Å². The lowest BCUT2D eigenvalue weighted by Gasteiger charge is -2.21. The molecule has 0 aromatic heterocycles. The van der Waals surface area contributed by atoms with Gasteiger partial charge in [0, 0.05) is 11.5 Å². The molecule has 0 saturated carbocycles. The number of ether oxygens (including phenoxy) is 1. The predicted molar refractivity (Wildman–Crippen MR) is 120 cm³/mol. The number of phenolic OH excluding ortho intramolecular Hbond substituents is 1. The standard InChI is InChI=1S/C24H22N2O5S/c1-15-7-13-19(14-8-15)32(29,30)26-25-22(17-9-11-18(27)12-10-17)16(2)23-20-5-3-4-6-21(20)24(28)31-23/h3-14,16,23,26-27H,1-2H3/b25-22+/t16-,23+/m1/s1. The quantitative estimate of drug-likeness (QED) is 0.336. The molecule has 0 spiro atoms. The van der Waals surface area contributed by atoms with Crippen molar-refractivity contribution in [3.63, 3.8) is 0 Å². The van der Waals surface area contributed by atoms with Gasteiger partial charge in [-0.25, -0.2) is 4.79 Å². The van der Waals surface area contributed by atoms with E-state index in [0.717, 1.165) is 11.1 Å². The SMILES string of the molecule is Cc1ccc(S(=O)(=O)N/N=C(/c2ccc(O)cc2)[C@@H](C)[C@@H]2OC(=O)c3ccccc32)cc1. The van der Waals surface area contributed by atoms with Gasteiger partial charge in [0.2, 0.25) is 0 Å². The zero-order valence-corrected chi connectivity index (χ0v) is 18.3. The van der Waals surface area contributed by atoms with Crippen LogP contribution in [-0.2, 0) is 14.8 Å². The van der Waals surface area contributed by atoms with Crippen molar-refractivity contribution >= 4 is 21.7 Å². The summed E-state index contributed by atoms with van der Waals surface area (Å²) in [6.45, 7) is 3.68. The van der Waals surface area contributed by atoms with Crippen molar-refractivity contribution in [2.75, 3.05) is 0 Å². The van der Waals surface area contributed by atoms with Crippen LogP contribution in [0.2, 0.25) is 0 Å². The molecular weight excluding hydrogens is 428 g/mol. The molecule has 1 aliphatic heterocycles. The first-order valence-corrected chi connectivity index (χ1v) is 11.5. The van der Waals surface area contributed by atoms with Gasteiger partial charge < -0.3 is 9.84 Å². The van der Waals surface area contributed by atoms with Gasteiger partial charge in [-0.15, -0.1) is 0 Å². The van der Waals surface area contributed by atoms with E-state index in [1.54, 1.807) is 36.4 Å². The minimum atomic E-state index is -3.91. The smallest absolute Gasteiger partial charge is 0.339 e. The summed E-state index contributed by atoms with van der Waals surface area (Å²) in [5.74, 6) is -0.839. The molecule has 3 aromatic carbocycles. The van der Waals surface area contributed by atoms with Crippen LogP contribution >= 0.6 is 0 Å². The molecule has 0 aliphatic carbocycles. The minimum absolute atomic E-state index is 0.0682. The summed E-state index contributed by atoms with van der Waals surface area (Å²) >= 11 is 0. The van der Waals surface area contributed by atoms with Gasteiger partial charge in [-0.05, 0) is 55.0 Å². The molecule has 2 atom stereocenters. The second-order valence-electron chi connectivity index (χ2n) is 7.65. The van der Waals surface area contributed by atoms with Crippen LogP contribution in [0.5, 0.6) is 5.75 Å². The number of carbonyl (C=O) groups is 1. The van der Waals surface area contributed by atoms with Crippen LogP contribution < -0.4 is 4.83 Å². The number of nitrogens with one attached hydrogen (secondary N) is 1. The molecule has 1 aliphatic rings. The number of cyclic esters (lactones) is 1. The highest BCUT2D eigenvalue weighted by Crippen LogP contribution is 2.37. The Balaban J connectivity index is 1.72. The van der Waals surface area contributed by atoms with E-state index in [-0.39, 0.29) is 10.6 Å². The monoisotopic (exact) mass is 450 g/mol. The van der Waals surface area contributed by atoms with Crippen LogP contribution in [0, 0.1) is 12.8 Å². The van der Waals surface area contributed by atoms with Gasteiger partial charge in [0.05, 0.1) is 16.2 Å². The lowest BCUT2D eigenvalue weighted by molar-refractivity contribution is 0.0326. The van der Waals surface area contributed by atoms with Crippen LogP contribution in [0.4, 0.5) is 0 Å². The van der Waals surface area contributed by atoms with E-state index in [1.807, 2.05) is 26.0 Å². The Bertz CT molecular complexity index is 1280. The highest BCUT2D eigenvalue weighted by Gasteiger charge is 2.37. The van der Waals surface area contributed by atoms with Crippen LogP contribution in [0.15, 0.2) is 82.8 Å². The zero-order valence-electron chi connectivity index (χ0n) is 17.5. The molecule has 32 heavy (non-hydrogen) atoms. The first-order valence-electron chi connectivity index (χ1n) is 10.0. The Hall–Kier alpha value is -3.65. The van der Waals surface area contributed by atoms with Crippen molar-refractivity contribution in [1.82, 2.24) is 4.83 Å². The van der Waals surface area contributed by atoms with E-state index in [9.17, 15) is 18.3 Å². The largest absolute Gasteiger partial charge is 0.508 e. The molecule has 0 bridgehead atoms. The fraction of sp³-hybridized carbons (Fsp3) is 0.167. The van der Waals surface area contributed by atoms with Crippen molar-refractivity contribution in [2.24, 2.45) is 11.0 Å². The number of rotatable bonds is 6. The van der Waals surface area contributed by atoms with Gasteiger partial charge in [-0.3, -0.25) is 0 Å². The maximum Gasteiger partial charge on any atom is 0.339 e. The maximum atomic E-state index is 12.8. The van der Waals surface area contributed by atoms with E-state index in [4.69, 9.17) is 4.74 Å². The number of sulfonamides is 1. The summed E-state index contributed by atoms with van der Waals surface area (Å²) < 4.78 is 31.2. The van der Waals surface area contributed by atoms with Gasteiger partial charge in [0.1, 0.15) is 11.9 Å². The highest BCUT2D eigenvalue weighted by atomic mass is 32.2. The Morgan fingerprint density at radius 2 is 1.69 bits per heavy atom. The molecule has 7 nitrogen and oxygen atoms in total. The Morgan fingerprint density at radius 1 is 1.03 bits per heavy atom. The number of hydrogen-bond acceptors (Lipinski definition) is 6. The number of aromatic hydroxyl groups is 1. The number of aryl methyl sites for hydroxylation is 1. The van der Waals surface area contributed by atoms with E-state index in [1.165, 1.54) is 24.3 Å². The van der Waals surface area contributed by atoms with Gasteiger partial charge in [-0.1, -0.05) is 42.8 Å². The third-order valence-electron chi connectivity index (χ3n) is 5.39. The Kier molecular flexibility index (Phi) is 5.71. The van der Waals surface area contributed by atoms with Crippen molar-refractivity contribution in [3.8, 4) is 5.75 Å². The number of carbonyl (C=O) groups excluding carboxylic acids is 1. The average Bonchev–Trinajstić information content (AvgIpc) is 3.12. The summed E-state index contributed by atoms with van der Waals surface area (Å²) in [5.41, 5.74) is 3.10. The fourth-order valence-electron chi connectivity index (χ4n) is 3.63. The number of hydrogen-bond donors (Lipinski definition) is 2. The van der Waals surface area contributed by atoms with Gasteiger partial charge in [0.15, 0.2) is 0 Å². The minimum Gasteiger partial charge on any atom is -0.508 e. The predicted octanol–water partition coefficient (Wildman–Crippen LogP) is 3.93. The molecule has 4 rings (SSSR count). The van der Waals surface area contributed by atoms with Crippen molar-refractivity contribution in [3.05, 3.63) is 95.1 Å². The zero-order chi connectivity index (χ0) is 22.9. The van der Waals surface area contributed by atoms with Gasteiger partial charge in [0.25, 0.3) is 10.0 Å². The average molecular weight is 451 g/mol. The van der Waals surface area contributed by atoms with Crippen LogP contribution in [-0.4, -0.2) is 25.2 Å². The topological polar surface area (TPSA) is 105 Å². The number of benzene rings is 3. The Labute approximate surface area is 186 Å². The maximum absolute atomic E-state index is 12.8. The van der Waals surface area contributed by atoms with E-state index in [2.05, 4.69) is 9.93 Å². The summed E-state index contributed by atoms with van der Waals surface area (Å²) in [6.07, 6.45) is -0.630. The van der Waals surface area contributed by atoms with Crippen LogP contribution in [0.1, 0.15) is 40.1 Å². The first-order chi connectivity index (χ1) is 15.3. The molecule has 0 fully saturated rings. The normalized spacial score (nSPS) is 16.9. The first kappa shape index (κ1) is 21.6. The molecule has 0 radical (unpaired) electrons. The van der Waals surface area contributed by atoms with Gasteiger partial charge >= 0.3 is 5.97 Å². The molecular formula is C24H22N2O5S. The summed E-state index contributed by atoms with van der Waals surface area (Å²) in [7, 11) is -3.91. The van der Waals surface area contributed by atoms with Crippen molar-refractivity contribution in [2.45, 2.75) is 24.8 Å². The third-order valence-corrected chi connectivity index (χ3v) is 6.61. The number of hydrazone groups is 1. The lowest BCUT2D eigenvalue weighted by Crippen LogP contribution is -2.26. The Morgan fingerprint density at radius 3 is 2.38 bits per heavy atom. The number of fused-ring (bicyclic) bond motifs is 1. The molecule has 1 heterocycles. The number of nitrogens with zero attached hydrogens (tertiary/aromatic N) is 1. The summed E-state index contributed by atoms with van der Waals surface area (Å²) in [5, 5.41) is 13.9. The summed E-state index contributed by atoms with van der Waals surface area (Å²) in [4.78, 5) is 14.7. The second-order valence-corrected chi connectivity index (χ2v) is 9.31. The number of esters is 1. The fourth-order valence-corrected chi connectivity index (χ4v) is 4.45. The van der Waals surface area contributed by atoms with Crippen LogP contribution in [0.3, 0.4) is 0 Å². The molecule has 0 unspecified atom stereocenters. The third kappa shape index (κ3) is 4.22. The number of phenols is 1. The van der Waals surface area contributed by atoms with E-state index >= 15 is 0 Å². The van der Waals surface area contributed by atoms with Crippen molar-refractivity contribution < 1.29 is 23.1 Å².